The largest absolute Gasteiger partial charge is 0.349 e. The van der Waals surface area contributed by atoms with E-state index in [2.05, 4.69) is 5.32 Å². The van der Waals surface area contributed by atoms with Gasteiger partial charge in [0.2, 0.25) is 9.84 Å². The number of benzene rings is 1. The highest BCUT2D eigenvalue weighted by Crippen LogP contribution is 2.32. The summed E-state index contributed by atoms with van der Waals surface area (Å²) in [5.41, 5.74) is 0.255. The fourth-order valence-corrected chi connectivity index (χ4v) is 2.62. The second-order valence-corrected chi connectivity index (χ2v) is 6.85. The number of sulfone groups is 1. The van der Waals surface area contributed by atoms with Crippen LogP contribution in [0.3, 0.4) is 0 Å². The summed E-state index contributed by atoms with van der Waals surface area (Å²) in [6.45, 7) is 1.91. The Hall–Kier alpha value is -1.50. The summed E-state index contributed by atoms with van der Waals surface area (Å²) in [6, 6.07) is 4.59. The van der Waals surface area contributed by atoms with Crippen LogP contribution in [0.2, 0.25) is 0 Å². The van der Waals surface area contributed by atoms with E-state index in [9.17, 15) is 22.0 Å². The van der Waals surface area contributed by atoms with Crippen LogP contribution in [0, 0.1) is 5.92 Å². The lowest BCUT2D eigenvalue weighted by atomic mass is 10.1. The van der Waals surface area contributed by atoms with Gasteiger partial charge in [-0.3, -0.25) is 4.79 Å². The molecule has 1 aliphatic rings. The summed E-state index contributed by atoms with van der Waals surface area (Å²) >= 11 is 0. The lowest BCUT2D eigenvalue weighted by Gasteiger charge is -2.12. The highest BCUT2D eigenvalue weighted by molar-refractivity contribution is 7.91. The summed E-state index contributed by atoms with van der Waals surface area (Å²) in [4.78, 5) is 11.4. The zero-order valence-electron chi connectivity index (χ0n) is 10.8. The SMILES string of the molecule is C[C@H](NC(=O)c1ccc(S(=O)(=O)C(F)F)cc1)C1CC1. The van der Waals surface area contributed by atoms with Gasteiger partial charge in [-0.25, -0.2) is 8.42 Å². The summed E-state index contributed by atoms with van der Waals surface area (Å²) in [5, 5.41) is 2.80. The van der Waals surface area contributed by atoms with E-state index in [0.717, 1.165) is 25.0 Å². The van der Waals surface area contributed by atoms with Crippen molar-refractivity contribution in [1.29, 1.82) is 0 Å². The Labute approximate surface area is 116 Å². The normalized spacial score (nSPS) is 17.0. The fourth-order valence-electron chi connectivity index (χ4n) is 1.90. The molecule has 1 fully saturated rings. The Bertz CT molecular complexity index is 595. The van der Waals surface area contributed by atoms with E-state index in [0.29, 0.717) is 5.92 Å². The Morgan fingerprint density at radius 1 is 1.25 bits per heavy atom. The number of alkyl halides is 2. The van der Waals surface area contributed by atoms with Gasteiger partial charge in [0, 0.05) is 11.6 Å². The molecule has 1 aromatic rings. The van der Waals surface area contributed by atoms with Gasteiger partial charge < -0.3 is 5.32 Å². The number of carbonyl (C=O) groups is 1. The molecule has 2 rings (SSSR count). The third kappa shape index (κ3) is 3.15. The molecule has 0 unspecified atom stereocenters. The van der Waals surface area contributed by atoms with Crippen molar-refractivity contribution >= 4 is 15.7 Å². The van der Waals surface area contributed by atoms with E-state index in [1.54, 1.807) is 0 Å². The molecule has 1 aliphatic carbocycles. The van der Waals surface area contributed by atoms with E-state index in [4.69, 9.17) is 0 Å². The van der Waals surface area contributed by atoms with Crippen LogP contribution in [-0.4, -0.2) is 26.1 Å². The maximum atomic E-state index is 12.4. The highest BCUT2D eigenvalue weighted by Gasteiger charge is 2.29. The zero-order chi connectivity index (χ0) is 14.9. The van der Waals surface area contributed by atoms with Crippen LogP contribution in [0.4, 0.5) is 8.78 Å². The van der Waals surface area contributed by atoms with Crippen molar-refractivity contribution in [2.24, 2.45) is 5.92 Å². The molecule has 0 bridgehead atoms. The quantitative estimate of drug-likeness (QED) is 0.907. The standard InChI is InChI=1S/C13H15F2NO3S/c1-8(9-2-3-9)16-12(17)10-4-6-11(7-5-10)20(18,19)13(14)15/h4-9,13H,2-3H2,1H3,(H,16,17)/t8-/m0/s1. The van der Waals surface area contributed by atoms with Gasteiger partial charge in [-0.2, -0.15) is 8.78 Å². The maximum absolute atomic E-state index is 12.4. The number of amides is 1. The van der Waals surface area contributed by atoms with Crippen molar-refractivity contribution in [3.05, 3.63) is 29.8 Å². The number of hydrogen-bond acceptors (Lipinski definition) is 3. The van der Waals surface area contributed by atoms with Crippen molar-refractivity contribution in [1.82, 2.24) is 5.32 Å². The smallest absolute Gasteiger partial charge is 0.341 e. The predicted molar refractivity (Wildman–Crippen MR) is 69.3 cm³/mol. The van der Waals surface area contributed by atoms with Gasteiger partial charge in [-0.1, -0.05) is 0 Å². The number of hydrogen-bond donors (Lipinski definition) is 1. The first-order valence-electron chi connectivity index (χ1n) is 6.25. The van der Waals surface area contributed by atoms with Gasteiger partial charge in [-0.15, -0.1) is 0 Å². The Morgan fingerprint density at radius 3 is 2.25 bits per heavy atom. The molecule has 7 heteroatoms. The number of nitrogens with one attached hydrogen (secondary N) is 1. The molecule has 1 saturated carbocycles. The molecule has 0 radical (unpaired) electrons. The minimum atomic E-state index is -4.61. The molecule has 0 saturated heterocycles. The minimum absolute atomic E-state index is 0.0620. The van der Waals surface area contributed by atoms with Crippen LogP contribution < -0.4 is 5.32 Å². The molecule has 4 nitrogen and oxygen atoms in total. The van der Waals surface area contributed by atoms with Crippen LogP contribution in [0.5, 0.6) is 0 Å². The molecule has 0 aliphatic heterocycles. The minimum Gasteiger partial charge on any atom is -0.349 e. The predicted octanol–water partition coefficient (Wildman–Crippen LogP) is 2.21. The highest BCUT2D eigenvalue weighted by atomic mass is 32.2. The first kappa shape index (κ1) is 14.9. The van der Waals surface area contributed by atoms with Crippen molar-refractivity contribution in [2.45, 2.75) is 36.5 Å². The van der Waals surface area contributed by atoms with Gasteiger partial charge in [0.1, 0.15) is 0 Å². The first-order chi connectivity index (χ1) is 9.32. The number of rotatable bonds is 5. The van der Waals surface area contributed by atoms with Gasteiger partial charge in [0.25, 0.3) is 5.91 Å². The molecular weight excluding hydrogens is 288 g/mol. The van der Waals surface area contributed by atoms with Gasteiger partial charge in [0.15, 0.2) is 0 Å². The van der Waals surface area contributed by atoms with E-state index < -0.39 is 20.5 Å². The number of carbonyl (C=O) groups excluding carboxylic acids is 1. The number of halogens is 2. The van der Waals surface area contributed by atoms with E-state index in [1.807, 2.05) is 6.92 Å². The van der Waals surface area contributed by atoms with Crippen molar-refractivity contribution in [3.63, 3.8) is 0 Å². The Balaban J connectivity index is 2.09. The van der Waals surface area contributed by atoms with Crippen LogP contribution >= 0.6 is 0 Å². The summed E-state index contributed by atoms with van der Waals surface area (Å²) in [6.07, 6.45) is 2.18. The van der Waals surface area contributed by atoms with Crippen molar-refractivity contribution in [3.8, 4) is 0 Å². The fraction of sp³-hybridized carbons (Fsp3) is 0.462. The molecule has 0 spiro atoms. The molecule has 20 heavy (non-hydrogen) atoms. The third-order valence-electron chi connectivity index (χ3n) is 3.37. The second-order valence-electron chi connectivity index (χ2n) is 4.93. The second kappa shape index (κ2) is 5.47. The van der Waals surface area contributed by atoms with Crippen LogP contribution in [0.15, 0.2) is 29.2 Å². The molecular formula is C13H15F2NO3S. The van der Waals surface area contributed by atoms with E-state index in [1.165, 1.54) is 12.1 Å². The topological polar surface area (TPSA) is 63.2 Å². The molecule has 0 aromatic heterocycles. The van der Waals surface area contributed by atoms with Gasteiger partial charge >= 0.3 is 5.76 Å². The molecule has 1 N–H and O–H groups in total. The van der Waals surface area contributed by atoms with E-state index >= 15 is 0 Å². The Morgan fingerprint density at radius 2 is 1.80 bits per heavy atom. The summed E-state index contributed by atoms with van der Waals surface area (Å²) < 4.78 is 47.2. The summed E-state index contributed by atoms with van der Waals surface area (Å²) in [7, 11) is -4.61. The maximum Gasteiger partial charge on any atom is 0.341 e. The first-order valence-corrected chi connectivity index (χ1v) is 7.80. The van der Waals surface area contributed by atoms with Gasteiger partial charge in [0.05, 0.1) is 4.90 Å². The average Bonchev–Trinajstić information content (AvgIpc) is 3.22. The average molecular weight is 303 g/mol. The van der Waals surface area contributed by atoms with E-state index in [-0.39, 0.29) is 17.5 Å². The van der Waals surface area contributed by atoms with Crippen LogP contribution in [-0.2, 0) is 9.84 Å². The lowest BCUT2D eigenvalue weighted by molar-refractivity contribution is 0.0935. The summed E-state index contributed by atoms with van der Waals surface area (Å²) in [5.74, 6) is -3.29. The van der Waals surface area contributed by atoms with Gasteiger partial charge in [-0.05, 0) is 49.9 Å². The molecule has 1 amide bonds. The van der Waals surface area contributed by atoms with Crippen molar-refractivity contribution < 1.29 is 22.0 Å². The molecule has 110 valence electrons. The van der Waals surface area contributed by atoms with Crippen molar-refractivity contribution in [2.75, 3.05) is 0 Å². The third-order valence-corrected chi connectivity index (χ3v) is 4.77. The molecule has 0 heterocycles. The zero-order valence-corrected chi connectivity index (χ0v) is 11.7. The lowest BCUT2D eigenvalue weighted by Crippen LogP contribution is -2.33. The monoisotopic (exact) mass is 303 g/mol. The molecule has 1 atom stereocenters. The van der Waals surface area contributed by atoms with Crippen LogP contribution in [0.1, 0.15) is 30.1 Å². The Kier molecular flexibility index (Phi) is 4.08. The van der Waals surface area contributed by atoms with Crippen LogP contribution in [0.25, 0.3) is 0 Å². The molecule has 1 aromatic carbocycles.